The summed E-state index contributed by atoms with van der Waals surface area (Å²) in [7, 11) is 0. The predicted molar refractivity (Wildman–Crippen MR) is 125 cm³/mol. The van der Waals surface area contributed by atoms with Crippen LogP contribution in [0, 0.1) is 0 Å². The fraction of sp³-hybridized carbons (Fsp3) is 0.200. The molecule has 1 aromatic heterocycles. The third-order valence-electron chi connectivity index (χ3n) is 4.87. The molecule has 31 heavy (non-hydrogen) atoms. The van der Waals surface area contributed by atoms with Crippen molar-refractivity contribution >= 4 is 49.1 Å². The van der Waals surface area contributed by atoms with Crippen molar-refractivity contribution in [1.29, 1.82) is 0 Å². The minimum absolute atomic E-state index is 0.156. The Kier molecular flexibility index (Phi) is 6.48. The van der Waals surface area contributed by atoms with E-state index < -0.39 is 5.97 Å². The number of esters is 1. The van der Waals surface area contributed by atoms with E-state index in [1.54, 1.807) is 0 Å². The Morgan fingerprint density at radius 2 is 1.74 bits per heavy atom. The summed E-state index contributed by atoms with van der Waals surface area (Å²) in [5.74, 6) is -0.136. The Bertz CT molecular complexity index is 1230. The van der Waals surface area contributed by atoms with E-state index in [9.17, 15) is 9.59 Å². The summed E-state index contributed by atoms with van der Waals surface area (Å²) in [6.45, 7) is 2.24. The number of hydrogen-bond acceptors (Lipinski definition) is 5. The number of carbonyl (C=O) groups excluding carboxylic acids is 2. The van der Waals surface area contributed by atoms with E-state index in [0.29, 0.717) is 22.9 Å². The Morgan fingerprint density at radius 3 is 2.58 bits per heavy atom. The van der Waals surface area contributed by atoms with Crippen LogP contribution in [0.5, 0.6) is 5.75 Å². The highest BCUT2D eigenvalue weighted by molar-refractivity contribution is 7.23. The summed E-state index contributed by atoms with van der Waals surface area (Å²) in [5.41, 5.74) is 0.399. The molecule has 1 amide bonds. The molecule has 0 saturated heterocycles. The summed E-state index contributed by atoms with van der Waals surface area (Å²) in [4.78, 5) is 25.3. The number of carbonyl (C=O) groups is 2. The molecule has 0 aliphatic carbocycles. The van der Waals surface area contributed by atoms with Gasteiger partial charge in [-0.1, -0.05) is 61.9 Å². The van der Waals surface area contributed by atoms with Crippen molar-refractivity contribution in [3.63, 3.8) is 0 Å². The van der Waals surface area contributed by atoms with Gasteiger partial charge in [-0.05, 0) is 35.4 Å². The van der Waals surface area contributed by atoms with Gasteiger partial charge in [0.05, 0.1) is 6.61 Å². The maximum absolute atomic E-state index is 12.7. The second-order valence-electron chi connectivity index (χ2n) is 7.14. The molecule has 0 saturated carbocycles. The van der Waals surface area contributed by atoms with Gasteiger partial charge in [0.25, 0.3) is 5.91 Å². The summed E-state index contributed by atoms with van der Waals surface area (Å²) >= 11 is 1.35. The average Bonchev–Trinajstić information content (AvgIpc) is 3.15. The van der Waals surface area contributed by atoms with Gasteiger partial charge in [0.1, 0.15) is 16.3 Å². The summed E-state index contributed by atoms with van der Waals surface area (Å²) < 4.78 is 12.0. The van der Waals surface area contributed by atoms with Gasteiger partial charge in [0, 0.05) is 10.1 Å². The highest BCUT2D eigenvalue weighted by atomic mass is 32.1. The summed E-state index contributed by atoms with van der Waals surface area (Å²) in [6.07, 6.45) is 1.74. The van der Waals surface area contributed by atoms with Crippen LogP contribution < -0.4 is 10.1 Å². The molecule has 0 bridgehead atoms. The Hall–Kier alpha value is -3.38. The Morgan fingerprint density at radius 1 is 0.968 bits per heavy atom. The quantitative estimate of drug-likeness (QED) is 0.272. The standard InChI is InChI=1S/C25H23NO4S/c1-2-3-14-29-25(28)23-20-10-6-7-11-21(20)31-24(23)26-22(27)16-30-19-13-12-17-8-4-5-9-18(17)15-19/h4-13,15H,2-3,14,16H2,1H3,(H,26,27). The van der Waals surface area contributed by atoms with Gasteiger partial charge >= 0.3 is 5.97 Å². The smallest absolute Gasteiger partial charge is 0.341 e. The molecular formula is C25H23NO4S. The van der Waals surface area contributed by atoms with Crippen molar-refractivity contribution in [1.82, 2.24) is 0 Å². The first-order valence-corrected chi connectivity index (χ1v) is 11.1. The molecular weight excluding hydrogens is 410 g/mol. The summed E-state index contributed by atoms with van der Waals surface area (Å²) in [6, 6.07) is 21.2. The number of benzene rings is 3. The number of anilines is 1. The number of unbranched alkanes of at least 4 members (excludes halogenated alkanes) is 1. The second kappa shape index (κ2) is 9.62. The molecule has 3 aromatic carbocycles. The monoisotopic (exact) mass is 433 g/mol. The van der Waals surface area contributed by atoms with Gasteiger partial charge in [-0.25, -0.2) is 4.79 Å². The van der Waals surface area contributed by atoms with Crippen LogP contribution in [0.15, 0.2) is 66.7 Å². The fourth-order valence-electron chi connectivity index (χ4n) is 3.29. The molecule has 0 aliphatic heterocycles. The highest BCUT2D eigenvalue weighted by Gasteiger charge is 2.21. The van der Waals surface area contributed by atoms with Crippen molar-refractivity contribution in [2.24, 2.45) is 0 Å². The highest BCUT2D eigenvalue weighted by Crippen LogP contribution is 2.36. The minimum Gasteiger partial charge on any atom is -0.484 e. The van der Waals surface area contributed by atoms with Crippen molar-refractivity contribution in [2.75, 3.05) is 18.5 Å². The lowest BCUT2D eigenvalue weighted by molar-refractivity contribution is -0.118. The normalized spacial score (nSPS) is 10.9. The van der Waals surface area contributed by atoms with E-state index >= 15 is 0 Å². The maximum atomic E-state index is 12.7. The largest absolute Gasteiger partial charge is 0.484 e. The molecule has 0 unspecified atom stereocenters. The molecule has 0 fully saturated rings. The fourth-order valence-corrected chi connectivity index (χ4v) is 4.39. The predicted octanol–water partition coefficient (Wildman–Crippen LogP) is 6.03. The number of nitrogens with one attached hydrogen (secondary N) is 1. The van der Waals surface area contributed by atoms with Crippen LogP contribution in [-0.2, 0) is 9.53 Å². The SMILES string of the molecule is CCCCOC(=O)c1c(NC(=O)COc2ccc3ccccc3c2)sc2ccccc12. The molecule has 0 aliphatic rings. The van der Waals surface area contributed by atoms with Crippen molar-refractivity contribution < 1.29 is 19.1 Å². The number of fused-ring (bicyclic) bond motifs is 2. The van der Waals surface area contributed by atoms with Crippen LogP contribution in [0.4, 0.5) is 5.00 Å². The van der Waals surface area contributed by atoms with Gasteiger partial charge in [-0.3, -0.25) is 4.79 Å². The second-order valence-corrected chi connectivity index (χ2v) is 8.19. The summed E-state index contributed by atoms with van der Waals surface area (Å²) in [5, 5.41) is 6.24. The lowest BCUT2D eigenvalue weighted by Crippen LogP contribution is -2.21. The third kappa shape index (κ3) is 4.86. The zero-order valence-electron chi connectivity index (χ0n) is 17.2. The van der Waals surface area contributed by atoms with E-state index in [-0.39, 0.29) is 12.5 Å². The van der Waals surface area contributed by atoms with E-state index in [4.69, 9.17) is 9.47 Å². The van der Waals surface area contributed by atoms with Crippen molar-refractivity contribution in [3.05, 3.63) is 72.3 Å². The lowest BCUT2D eigenvalue weighted by atomic mass is 10.1. The minimum atomic E-state index is -0.420. The molecule has 5 nitrogen and oxygen atoms in total. The first-order valence-electron chi connectivity index (χ1n) is 10.3. The molecule has 1 N–H and O–H groups in total. The van der Waals surface area contributed by atoms with Gasteiger partial charge in [0.15, 0.2) is 6.61 Å². The van der Waals surface area contributed by atoms with E-state index in [1.807, 2.05) is 73.7 Å². The zero-order valence-corrected chi connectivity index (χ0v) is 18.0. The van der Waals surface area contributed by atoms with Crippen LogP contribution >= 0.6 is 11.3 Å². The van der Waals surface area contributed by atoms with E-state index in [0.717, 1.165) is 33.7 Å². The number of ether oxygens (including phenoxy) is 2. The third-order valence-corrected chi connectivity index (χ3v) is 5.96. The zero-order chi connectivity index (χ0) is 21.6. The van der Waals surface area contributed by atoms with E-state index in [1.165, 1.54) is 11.3 Å². The first-order chi connectivity index (χ1) is 15.2. The van der Waals surface area contributed by atoms with Crippen LogP contribution in [0.2, 0.25) is 0 Å². The molecule has 4 rings (SSSR count). The lowest BCUT2D eigenvalue weighted by Gasteiger charge is -2.09. The number of thiophene rings is 1. The average molecular weight is 434 g/mol. The number of amides is 1. The molecule has 1 heterocycles. The van der Waals surface area contributed by atoms with Crippen LogP contribution in [0.3, 0.4) is 0 Å². The Balaban J connectivity index is 1.48. The molecule has 0 radical (unpaired) electrons. The number of hydrogen-bond donors (Lipinski definition) is 1. The van der Waals surface area contributed by atoms with Crippen molar-refractivity contribution in [3.8, 4) is 5.75 Å². The van der Waals surface area contributed by atoms with Crippen molar-refractivity contribution in [2.45, 2.75) is 19.8 Å². The molecule has 158 valence electrons. The first kappa shape index (κ1) is 20.9. The van der Waals surface area contributed by atoms with Crippen LogP contribution in [0.1, 0.15) is 30.1 Å². The Labute approximate surface area is 184 Å². The molecule has 6 heteroatoms. The van der Waals surface area contributed by atoms with Crippen LogP contribution in [-0.4, -0.2) is 25.1 Å². The molecule has 4 aromatic rings. The van der Waals surface area contributed by atoms with Gasteiger partial charge in [0.2, 0.25) is 0 Å². The maximum Gasteiger partial charge on any atom is 0.341 e. The van der Waals surface area contributed by atoms with Gasteiger partial charge in [-0.2, -0.15) is 0 Å². The molecule has 0 spiro atoms. The van der Waals surface area contributed by atoms with Gasteiger partial charge < -0.3 is 14.8 Å². The molecule has 0 atom stereocenters. The van der Waals surface area contributed by atoms with E-state index in [2.05, 4.69) is 5.32 Å². The van der Waals surface area contributed by atoms with Crippen LogP contribution in [0.25, 0.3) is 20.9 Å². The van der Waals surface area contributed by atoms with Gasteiger partial charge in [-0.15, -0.1) is 11.3 Å². The topological polar surface area (TPSA) is 64.6 Å². The number of rotatable bonds is 8.